The number of carbonyl (C=O) groups excluding carboxylic acids is 1. The van der Waals surface area contributed by atoms with E-state index in [2.05, 4.69) is 20.0 Å². The minimum Gasteiger partial charge on any atom is -0.433 e. The van der Waals surface area contributed by atoms with Crippen LogP contribution in [0.25, 0.3) is 22.3 Å². The predicted octanol–water partition coefficient (Wildman–Crippen LogP) is 2.75. The number of aromatic nitrogens is 4. The van der Waals surface area contributed by atoms with Crippen molar-refractivity contribution in [2.75, 3.05) is 24.7 Å². The fourth-order valence-electron chi connectivity index (χ4n) is 4.72. The van der Waals surface area contributed by atoms with Crippen LogP contribution in [0.2, 0.25) is 0 Å². The highest BCUT2D eigenvalue weighted by molar-refractivity contribution is 7.91. The minimum atomic E-state index is -3.20. The van der Waals surface area contributed by atoms with Crippen LogP contribution < -0.4 is 10.1 Å². The summed E-state index contributed by atoms with van der Waals surface area (Å²) in [5.41, 5.74) is 1.34. The molecule has 0 unspecified atom stereocenters. The zero-order chi connectivity index (χ0) is 25.5. The Balaban J connectivity index is 1.54. The predicted molar refractivity (Wildman–Crippen MR) is 126 cm³/mol. The average Bonchev–Trinajstić information content (AvgIpc) is 3.35. The van der Waals surface area contributed by atoms with Gasteiger partial charge in [0.05, 0.1) is 40.4 Å². The normalized spacial score (nSPS) is 22.2. The van der Waals surface area contributed by atoms with Gasteiger partial charge in [-0.2, -0.15) is 13.9 Å². The number of hydrogen-bond donors (Lipinski definition) is 1. The topological polar surface area (TPSA) is 125 Å². The molecule has 0 aromatic carbocycles. The number of sulfone groups is 1. The third-order valence-corrected chi connectivity index (χ3v) is 8.38. The third kappa shape index (κ3) is 5.03. The number of nitrogens with one attached hydrogen (secondary N) is 1. The van der Waals surface area contributed by atoms with Gasteiger partial charge in [-0.3, -0.25) is 19.4 Å². The van der Waals surface area contributed by atoms with E-state index < -0.39 is 27.9 Å². The number of ether oxygens (including phenoxy) is 2. The summed E-state index contributed by atoms with van der Waals surface area (Å²) in [7, 11) is -3.20. The van der Waals surface area contributed by atoms with Crippen LogP contribution in [-0.2, 0) is 14.6 Å². The molecule has 0 aliphatic carbocycles. The van der Waals surface area contributed by atoms with E-state index in [1.165, 1.54) is 24.7 Å². The molecule has 1 atom stereocenters. The first-order chi connectivity index (χ1) is 17.1. The van der Waals surface area contributed by atoms with Gasteiger partial charge in [0.25, 0.3) is 5.91 Å². The summed E-state index contributed by atoms with van der Waals surface area (Å²) in [5, 5.41) is 7.59. The molecule has 0 bridgehead atoms. The van der Waals surface area contributed by atoms with Crippen LogP contribution in [0, 0.1) is 0 Å². The molecule has 2 aliphatic rings. The van der Waals surface area contributed by atoms with E-state index in [0.717, 1.165) is 0 Å². The van der Waals surface area contributed by atoms with Gasteiger partial charge < -0.3 is 14.8 Å². The van der Waals surface area contributed by atoms with Gasteiger partial charge in [0.2, 0.25) is 0 Å². The average molecular weight is 522 g/mol. The number of alkyl halides is 2. The van der Waals surface area contributed by atoms with Crippen molar-refractivity contribution in [3.05, 3.63) is 36.3 Å². The van der Waals surface area contributed by atoms with E-state index >= 15 is 0 Å². The smallest absolute Gasteiger partial charge is 0.387 e. The number of halogens is 2. The third-order valence-electron chi connectivity index (χ3n) is 6.48. The molecule has 0 spiro atoms. The zero-order valence-corrected chi connectivity index (χ0v) is 20.3. The van der Waals surface area contributed by atoms with E-state index in [1.54, 1.807) is 17.7 Å². The number of amides is 1. The summed E-state index contributed by atoms with van der Waals surface area (Å²) in [6, 6.07) is 3.07. The molecule has 5 rings (SSSR count). The van der Waals surface area contributed by atoms with E-state index in [4.69, 9.17) is 9.84 Å². The number of pyridine rings is 2. The SMILES string of the molecule is C[C@]1(NC(=O)c2cnc3c(-c4cncc(OC(F)F)c4)nn(C4CCOCC4)c3c2)CCS(=O)(=O)C1. The molecule has 1 amide bonds. The first-order valence-electron chi connectivity index (χ1n) is 11.5. The highest BCUT2D eigenvalue weighted by Crippen LogP contribution is 2.33. The number of carbonyl (C=O) groups is 1. The molecule has 3 aromatic heterocycles. The van der Waals surface area contributed by atoms with Gasteiger partial charge in [-0.05, 0) is 38.3 Å². The molecule has 3 aromatic rings. The van der Waals surface area contributed by atoms with Crippen molar-refractivity contribution in [2.45, 2.75) is 44.4 Å². The molecule has 13 heteroatoms. The number of fused-ring (bicyclic) bond motifs is 1. The number of nitrogens with zero attached hydrogens (tertiary/aromatic N) is 4. The molecular weight excluding hydrogens is 496 g/mol. The summed E-state index contributed by atoms with van der Waals surface area (Å²) in [6.45, 7) is -0.162. The molecule has 0 radical (unpaired) electrons. The Morgan fingerprint density at radius 2 is 2.03 bits per heavy atom. The van der Waals surface area contributed by atoms with Gasteiger partial charge in [0.15, 0.2) is 9.84 Å². The minimum absolute atomic E-state index is 0.0129. The molecule has 2 aliphatic heterocycles. The Morgan fingerprint density at radius 3 is 2.72 bits per heavy atom. The Hall–Kier alpha value is -3.19. The second-order valence-corrected chi connectivity index (χ2v) is 11.6. The summed E-state index contributed by atoms with van der Waals surface area (Å²) in [6.07, 6.45) is 5.82. The Morgan fingerprint density at radius 1 is 1.25 bits per heavy atom. The first-order valence-corrected chi connectivity index (χ1v) is 13.3. The van der Waals surface area contributed by atoms with E-state index in [-0.39, 0.29) is 28.9 Å². The maximum Gasteiger partial charge on any atom is 0.387 e. The highest BCUT2D eigenvalue weighted by atomic mass is 32.2. The van der Waals surface area contributed by atoms with Crippen molar-refractivity contribution in [2.24, 2.45) is 0 Å². The van der Waals surface area contributed by atoms with Gasteiger partial charge in [0.1, 0.15) is 17.0 Å². The van der Waals surface area contributed by atoms with Crippen LogP contribution in [0.1, 0.15) is 42.6 Å². The largest absolute Gasteiger partial charge is 0.433 e. The lowest BCUT2D eigenvalue weighted by atomic mass is 10.0. The lowest BCUT2D eigenvalue weighted by Gasteiger charge is -2.24. The van der Waals surface area contributed by atoms with E-state index in [1.807, 2.05) is 0 Å². The number of rotatable bonds is 6. The number of hydrogen-bond acceptors (Lipinski definition) is 8. The van der Waals surface area contributed by atoms with Crippen LogP contribution >= 0.6 is 0 Å². The van der Waals surface area contributed by atoms with Gasteiger partial charge >= 0.3 is 6.61 Å². The van der Waals surface area contributed by atoms with Crippen LogP contribution in [0.15, 0.2) is 30.7 Å². The standard InChI is InChI=1S/C23H25F2N5O5S/c1-23(4-7-36(32,33)13-23)28-21(31)15-9-18-20(27-11-15)19(29-30(18)16-2-5-34-6-3-16)14-8-17(12-26-10-14)35-22(24)25/h8-12,16,22H,2-7,13H2,1H3,(H,28,31)/t23-/m0/s1. The fraction of sp³-hybridized carbons (Fsp3) is 0.478. The van der Waals surface area contributed by atoms with E-state index in [9.17, 15) is 22.0 Å². The molecule has 5 heterocycles. The molecule has 1 N–H and O–H groups in total. The molecule has 0 saturated carbocycles. The molecule has 192 valence electrons. The summed E-state index contributed by atoms with van der Waals surface area (Å²) >= 11 is 0. The zero-order valence-electron chi connectivity index (χ0n) is 19.5. The maximum absolute atomic E-state index is 13.1. The summed E-state index contributed by atoms with van der Waals surface area (Å²) in [5.74, 6) is -0.620. The van der Waals surface area contributed by atoms with Crippen LogP contribution in [0.4, 0.5) is 8.78 Å². The molecule has 2 saturated heterocycles. The molecule has 36 heavy (non-hydrogen) atoms. The Labute approximate surface area is 205 Å². The van der Waals surface area contributed by atoms with Crippen molar-refractivity contribution < 1.29 is 31.5 Å². The van der Waals surface area contributed by atoms with Crippen molar-refractivity contribution in [1.29, 1.82) is 0 Å². The lowest BCUT2D eigenvalue weighted by Crippen LogP contribution is -2.46. The molecular formula is C23H25F2N5O5S. The van der Waals surface area contributed by atoms with Crippen molar-refractivity contribution >= 4 is 26.8 Å². The van der Waals surface area contributed by atoms with Crippen LogP contribution in [0.5, 0.6) is 5.75 Å². The maximum atomic E-state index is 13.1. The van der Waals surface area contributed by atoms with Crippen LogP contribution in [-0.4, -0.2) is 70.9 Å². The van der Waals surface area contributed by atoms with Crippen LogP contribution in [0.3, 0.4) is 0 Å². The van der Waals surface area contributed by atoms with Crippen molar-refractivity contribution in [3.63, 3.8) is 0 Å². The van der Waals surface area contributed by atoms with Gasteiger partial charge in [-0.1, -0.05) is 0 Å². The highest BCUT2D eigenvalue weighted by Gasteiger charge is 2.39. The molecule has 10 nitrogen and oxygen atoms in total. The van der Waals surface area contributed by atoms with Gasteiger partial charge in [-0.25, -0.2) is 8.42 Å². The monoisotopic (exact) mass is 521 g/mol. The van der Waals surface area contributed by atoms with Gasteiger partial charge in [0, 0.05) is 31.2 Å². The Bertz CT molecular complexity index is 1410. The quantitative estimate of drug-likeness (QED) is 0.525. The lowest BCUT2D eigenvalue weighted by molar-refractivity contribution is -0.0500. The fourth-order valence-corrected chi connectivity index (χ4v) is 6.81. The first kappa shape index (κ1) is 24.5. The second-order valence-electron chi connectivity index (χ2n) is 9.37. The summed E-state index contributed by atoms with van der Waals surface area (Å²) in [4.78, 5) is 21.6. The Kier molecular flexibility index (Phi) is 6.37. The molecule has 2 fully saturated rings. The van der Waals surface area contributed by atoms with Crippen molar-refractivity contribution in [3.8, 4) is 17.0 Å². The second kappa shape index (κ2) is 9.36. The van der Waals surface area contributed by atoms with E-state index in [0.29, 0.717) is 54.8 Å². The van der Waals surface area contributed by atoms with Crippen molar-refractivity contribution in [1.82, 2.24) is 25.1 Å². The summed E-state index contributed by atoms with van der Waals surface area (Å²) < 4.78 is 61.1. The van der Waals surface area contributed by atoms with Gasteiger partial charge in [-0.15, -0.1) is 0 Å².